The lowest BCUT2D eigenvalue weighted by Crippen LogP contribution is -2.52. The molecule has 1 spiro atoms. The molecule has 4 aliphatic carbocycles. The van der Waals surface area contributed by atoms with Crippen molar-refractivity contribution in [2.75, 3.05) is 67.0 Å². The first-order valence-electron chi connectivity index (χ1n) is 30.2. The van der Waals surface area contributed by atoms with E-state index in [2.05, 4.69) is 49.4 Å². The van der Waals surface area contributed by atoms with Crippen molar-refractivity contribution in [3.8, 4) is 23.0 Å². The van der Waals surface area contributed by atoms with Crippen LogP contribution in [0.1, 0.15) is 128 Å². The van der Waals surface area contributed by atoms with E-state index in [0.717, 1.165) is 58.0 Å². The van der Waals surface area contributed by atoms with Gasteiger partial charge in [0.1, 0.15) is 18.5 Å². The van der Waals surface area contributed by atoms with Gasteiger partial charge < -0.3 is 58.5 Å². The van der Waals surface area contributed by atoms with Crippen molar-refractivity contribution in [2.24, 2.45) is 46.3 Å². The van der Waals surface area contributed by atoms with Crippen molar-refractivity contribution < 1.29 is 67.6 Å². The fourth-order valence-corrected chi connectivity index (χ4v) is 14.8. The number of ether oxygens (including phenoxy) is 8. The fraction of sp³-hybridized carbons (Fsp3) is 0.615. The normalized spacial score (nSPS) is 29.4. The number of amides is 1. The molecular formula is C65H88N4O14. The SMILES string of the molecule is COc1cc(/C=C/C(=O)/C(Cc2cn(CCCCCC(=O)NCCOCCOCCOCC(=O)O[C@H]3CC[C@@]4(C)C(=CC[C@H]5[C@@H]6C[C@@H]7O[C@]8(CC[C@@H](C)CO8)[C@@H](C)[C@@H]7[C@@]6(C)CC[C@@H]54)C3)nn2)=C(O)/C=C/c2ccc(O)c(OC)c2)ccc1O. The second-order valence-corrected chi connectivity index (χ2v) is 24.5. The van der Waals surface area contributed by atoms with Gasteiger partial charge in [0, 0.05) is 56.5 Å². The second-order valence-electron chi connectivity index (χ2n) is 24.5. The van der Waals surface area contributed by atoms with E-state index in [0.29, 0.717) is 111 Å². The molecule has 3 heterocycles. The number of aryl methyl sites for hydroxylation is 1. The summed E-state index contributed by atoms with van der Waals surface area (Å²) in [6, 6.07) is 9.38. The van der Waals surface area contributed by atoms with Crippen LogP contribution in [-0.2, 0) is 55.8 Å². The van der Waals surface area contributed by atoms with Crippen LogP contribution in [0.5, 0.6) is 23.0 Å². The number of carbonyl (C=O) groups excluding carboxylic acids is 3. The minimum Gasteiger partial charge on any atom is -0.508 e. The van der Waals surface area contributed by atoms with Crippen LogP contribution in [0, 0.1) is 46.3 Å². The van der Waals surface area contributed by atoms with Gasteiger partial charge in [0.15, 0.2) is 34.6 Å². The fourth-order valence-electron chi connectivity index (χ4n) is 14.8. The Kier molecular flexibility index (Phi) is 20.6. The van der Waals surface area contributed by atoms with Crippen molar-refractivity contribution in [2.45, 2.75) is 142 Å². The highest BCUT2D eigenvalue weighted by molar-refractivity contribution is 6.07. The van der Waals surface area contributed by atoms with Crippen LogP contribution in [0.2, 0.25) is 0 Å². The second kappa shape index (κ2) is 27.8. The van der Waals surface area contributed by atoms with E-state index in [9.17, 15) is 29.7 Å². The maximum Gasteiger partial charge on any atom is 0.332 e. The summed E-state index contributed by atoms with van der Waals surface area (Å²) in [5, 5.41) is 42.5. The number of methoxy groups -OCH3 is 2. The third kappa shape index (κ3) is 14.6. The van der Waals surface area contributed by atoms with Crippen LogP contribution in [-0.4, -0.2) is 133 Å². The quantitative estimate of drug-likeness (QED) is 0.0139. The molecule has 0 bridgehead atoms. The molecule has 2 aliphatic heterocycles. The number of benzene rings is 2. The first kappa shape index (κ1) is 61.5. The molecule has 4 N–H and O–H groups in total. The standard InChI is InChI=1S/C65H88N4O14/c1-42-21-26-65(81-40-42)43(2)62-59(83-65)38-52-49-16-15-46-36-48(22-24-63(46,3)51(49)23-25-64(52,62)4)82-61(75)41-80-33-32-79-31-30-78-29-27-66-60(74)10-8-7-9-28-69-39-47(67-68-69)37-50(53(70)17-11-44-13-19-55(72)57(34-44)76-5)54(71)18-12-45-14-20-56(73)58(35-45)77-6/h11-15,17-20,34-35,39,42-43,48-49,51-52,59,62,70,72-73H,7-10,16,21-33,36-38,40-41H2,1-6H3,(H,66,74)/b17-11+,18-12+,53-50-/t42-,43+,48+,49-,51+,52+,59+,62+,63+,64+,65-/m1/s1. The summed E-state index contributed by atoms with van der Waals surface area (Å²) in [7, 11) is 2.87. The van der Waals surface area contributed by atoms with Crippen LogP contribution >= 0.6 is 0 Å². The molecule has 3 aromatic rings. The zero-order chi connectivity index (χ0) is 58.7. The van der Waals surface area contributed by atoms with Crippen molar-refractivity contribution in [3.05, 3.63) is 94.5 Å². The zero-order valence-corrected chi connectivity index (χ0v) is 49.5. The maximum atomic E-state index is 13.6. The van der Waals surface area contributed by atoms with Gasteiger partial charge in [0.25, 0.3) is 0 Å². The van der Waals surface area contributed by atoms with Gasteiger partial charge in [-0.3, -0.25) is 14.3 Å². The van der Waals surface area contributed by atoms with Gasteiger partial charge in [-0.15, -0.1) is 5.10 Å². The summed E-state index contributed by atoms with van der Waals surface area (Å²) in [5.74, 6) is 2.53. The van der Waals surface area contributed by atoms with E-state index < -0.39 is 5.78 Å². The zero-order valence-electron chi connectivity index (χ0n) is 49.5. The van der Waals surface area contributed by atoms with E-state index in [1.54, 1.807) is 47.3 Å². The Balaban J connectivity index is 0.604. The number of ketones is 1. The highest BCUT2D eigenvalue weighted by atomic mass is 16.7. The third-order valence-corrected chi connectivity index (χ3v) is 19.3. The Morgan fingerprint density at radius 3 is 2.27 bits per heavy atom. The van der Waals surface area contributed by atoms with Gasteiger partial charge in [-0.25, -0.2) is 4.79 Å². The van der Waals surface area contributed by atoms with Crippen molar-refractivity contribution >= 4 is 29.8 Å². The molecule has 0 unspecified atom stereocenters. The van der Waals surface area contributed by atoms with E-state index in [4.69, 9.17) is 37.9 Å². The van der Waals surface area contributed by atoms with Gasteiger partial charge in [0.2, 0.25) is 5.91 Å². The number of phenolic OH excluding ortho intramolecular Hbond substituents is 2. The smallest absolute Gasteiger partial charge is 0.332 e. The van der Waals surface area contributed by atoms with E-state index in [1.165, 1.54) is 63.3 Å². The number of aromatic hydroxyl groups is 2. The minimum absolute atomic E-state index is 0.0155. The van der Waals surface area contributed by atoms with Crippen LogP contribution in [0.25, 0.3) is 12.2 Å². The summed E-state index contributed by atoms with van der Waals surface area (Å²) < 4.78 is 48.4. The van der Waals surface area contributed by atoms with Crippen molar-refractivity contribution in [3.63, 3.8) is 0 Å². The molecule has 1 amide bonds. The number of carbonyl (C=O) groups is 3. The number of unbranched alkanes of at least 4 members (excludes halogenated alkanes) is 2. The van der Waals surface area contributed by atoms with Gasteiger partial charge in [-0.05, 0) is 146 Å². The minimum atomic E-state index is -0.469. The molecule has 18 heteroatoms. The molecule has 452 valence electrons. The first-order chi connectivity index (χ1) is 40.0. The van der Waals surface area contributed by atoms with Gasteiger partial charge in [0.05, 0.1) is 65.7 Å². The number of aliphatic hydroxyl groups excluding tert-OH is 1. The highest BCUT2D eigenvalue weighted by Gasteiger charge is 2.68. The van der Waals surface area contributed by atoms with Gasteiger partial charge in [-0.1, -0.05) is 75.3 Å². The summed E-state index contributed by atoms with van der Waals surface area (Å²) in [5.41, 5.74) is 3.69. The Hall–Kier alpha value is -6.05. The molecule has 2 aromatic carbocycles. The number of aromatic nitrogens is 3. The van der Waals surface area contributed by atoms with E-state index in [-0.39, 0.29) is 88.6 Å². The number of aliphatic hydroxyl groups is 1. The van der Waals surface area contributed by atoms with E-state index in [1.807, 2.05) is 0 Å². The van der Waals surface area contributed by atoms with Crippen molar-refractivity contribution in [1.82, 2.24) is 20.3 Å². The number of nitrogens with one attached hydrogen (secondary N) is 1. The number of esters is 1. The molecule has 1 aromatic heterocycles. The molecule has 6 aliphatic rings. The van der Waals surface area contributed by atoms with Crippen LogP contribution in [0.4, 0.5) is 0 Å². The third-order valence-electron chi connectivity index (χ3n) is 19.3. The molecule has 18 nitrogen and oxygen atoms in total. The molecule has 5 fully saturated rings. The molecule has 11 atom stereocenters. The molecule has 9 rings (SSSR count). The van der Waals surface area contributed by atoms with Crippen LogP contribution < -0.4 is 14.8 Å². The Labute approximate surface area is 488 Å². The Morgan fingerprint density at radius 1 is 0.843 bits per heavy atom. The predicted octanol–water partition coefficient (Wildman–Crippen LogP) is 10.1. The summed E-state index contributed by atoms with van der Waals surface area (Å²) in [6.07, 6.45) is 22.6. The number of allylic oxidation sites excluding steroid dienone is 4. The summed E-state index contributed by atoms with van der Waals surface area (Å²) in [4.78, 5) is 39.0. The number of fused-ring (bicyclic) bond motifs is 7. The number of hydrogen-bond donors (Lipinski definition) is 4. The lowest BCUT2D eigenvalue weighted by Gasteiger charge is -2.58. The molecule has 0 radical (unpaired) electrons. The predicted molar refractivity (Wildman–Crippen MR) is 311 cm³/mol. The van der Waals surface area contributed by atoms with Gasteiger partial charge in [-0.2, -0.15) is 0 Å². The molecule has 3 saturated carbocycles. The number of nitrogens with zero attached hydrogens (tertiary/aromatic N) is 3. The summed E-state index contributed by atoms with van der Waals surface area (Å²) >= 11 is 0. The number of hydrogen-bond acceptors (Lipinski definition) is 16. The topological polar surface area (TPSA) is 228 Å². The highest BCUT2D eigenvalue weighted by Crippen LogP contribution is 2.70. The molecule has 2 saturated heterocycles. The molecule has 83 heavy (non-hydrogen) atoms. The lowest BCUT2D eigenvalue weighted by atomic mass is 9.47. The summed E-state index contributed by atoms with van der Waals surface area (Å²) in [6.45, 7) is 13.1. The average Bonchev–Trinajstić information content (AvgIpc) is 1.98. The largest absolute Gasteiger partial charge is 0.508 e. The molecular weight excluding hydrogens is 1060 g/mol. The van der Waals surface area contributed by atoms with Crippen LogP contribution in [0.15, 0.2) is 77.7 Å². The Morgan fingerprint density at radius 2 is 1.55 bits per heavy atom. The Bertz CT molecular complexity index is 2850. The number of phenols is 2. The van der Waals surface area contributed by atoms with Crippen LogP contribution in [0.3, 0.4) is 0 Å². The monoisotopic (exact) mass is 1150 g/mol. The van der Waals surface area contributed by atoms with Gasteiger partial charge >= 0.3 is 5.97 Å². The number of rotatable bonds is 27. The van der Waals surface area contributed by atoms with Crippen molar-refractivity contribution in [1.29, 1.82) is 0 Å². The maximum absolute atomic E-state index is 13.6. The first-order valence-corrected chi connectivity index (χ1v) is 30.2. The lowest BCUT2D eigenvalue weighted by molar-refractivity contribution is -0.272. The average molecular weight is 1150 g/mol. The van der Waals surface area contributed by atoms with E-state index >= 15 is 0 Å².